The number of nitrogen functional groups attached to an aromatic ring is 1. The number of nitrogens with one attached hydrogen (secondary N) is 1. The Bertz CT molecular complexity index is 1360. The summed E-state index contributed by atoms with van der Waals surface area (Å²) in [7, 11) is 0. The fourth-order valence-electron chi connectivity index (χ4n) is 3.49. The molecule has 0 radical (unpaired) electrons. The van der Waals surface area contributed by atoms with E-state index < -0.39 is 36.3 Å². The average Bonchev–Trinajstić information content (AvgIpc) is 2.88. The van der Waals surface area contributed by atoms with Crippen LogP contribution in [0.1, 0.15) is 29.8 Å². The van der Waals surface area contributed by atoms with Gasteiger partial charge in [0.2, 0.25) is 0 Å². The number of anilines is 2. The topological polar surface area (TPSA) is 154 Å². The first kappa shape index (κ1) is 26.9. The second kappa shape index (κ2) is 12.3. The number of hydrogen-bond donors (Lipinski definition) is 2. The minimum Gasteiger partial charge on any atom is -0.482 e. The number of nitrogens with zero attached hydrogens (tertiary/aromatic N) is 2. The quantitative estimate of drug-likeness (QED) is 0.292. The molecule has 0 bridgehead atoms. The fourth-order valence-corrected chi connectivity index (χ4v) is 3.49. The monoisotopic (exact) mass is 508 g/mol. The molecular weight excluding hydrogens is 480 g/mol. The Labute approximate surface area is 212 Å². The first-order valence-corrected chi connectivity index (χ1v) is 11.5. The van der Waals surface area contributed by atoms with E-state index in [1.807, 2.05) is 19.9 Å². The summed E-state index contributed by atoms with van der Waals surface area (Å²) >= 11 is 0. The Morgan fingerprint density at radius 2 is 1.73 bits per heavy atom. The van der Waals surface area contributed by atoms with Gasteiger partial charge in [0.1, 0.15) is 17.9 Å². The number of rotatable bonds is 11. The van der Waals surface area contributed by atoms with Gasteiger partial charge in [-0.1, -0.05) is 44.2 Å². The Kier molecular flexibility index (Phi) is 8.98. The average molecular weight is 509 g/mol. The molecule has 0 atom stereocenters. The number of aldehydes is 1. The van der Waals surface area contributed by atoms with Crippen LogP contribution in [0.15, 0.2) is 64.2 Å². The zero-order chi connectivity index (χ0) is 26.9. The van der Waals surface area contributed by atoms with Crippen LogP contribution in [-0.2, 0) is 20.9 Å². The highest BCUT2D eigenvalue weighted by Crippen LogP contribution is 2.19. The molecule has 1 aromatic heterocycles. The summed E-state index contributed by atoms with van der Waals surface area (Å²) in [5.74, 6) is -1.42. The molecule has 0 aliphatic rings. The lowest BCUT2D eigenvalue weighted by atomic mass is 10.2. The molecule has 0 saturated heterocycles. The molecule has 0 fully saturated rings. The summed E-state index contributed by atoms with van der Waals surface area (Å²) < 4.78 is 11.5. The molecule has 2 aromatic carbocycles. The van der Waals surface area contributed by atoms with E-state index in [-0.39, 0.29) is 30.5 Å². The largest absolute Gasteiger partial charge is 0.482 e. The molecule has 0 aliphatic carbocycles. The molecule has 11 heteroatoms. The highest BCUT2D eigenvalue weighted by atomic mass is 16.6. The van der Waals surface area contributed by atoms with Crippen LogP contribution in [0.25, 0.3) is 0 Å². The normalized spacial score (nSPS) is 10.7. The molecule has 0 saturated carbocycles. The van der Waals surface area contributed by atoms with E-state index in [0.717, 1.165) is 10.5 Å². The van der Waals surface area contributed by atoms with Crippen molar-refractivity contribution in [1.82, 2.24) is 9.55 Å². The van der Waals surface area contributed by atoms with Crippen LogP contribution in [0.3, 0.4) is 0 Å². The van der Waals surface area contributed by atoms with Crippen molar-refractivity contribution in [3.8, 4) is 5.75 Å². The second-order valence-corrected chi connectivity index (χ2v) is 8.60. The lowest BCUT2D eigenvalue weighted by Gasteiger charge is -2.26. The van der Waals surface area contributed by atoms with Crippen molar-refractivity contribution in [2.24, 2.45) is 5.92 Å². The van der Waals surface area contributed by atoms with Crippen LogP contribution in [0, 0.1) is 5.92 Å². The van der Waals surface area contributed by atoms with Crippen LogP contribution < -0.4 is 26.6 Å². The van der Waals surface area contributed by atoms with E-state index in [0.29, 0.717) is 17.6 Å². The summed E-state index contributed by atoms with van der Waals surface area (Å²) in [6.45, 7) is 2.70. The van der Waals surface area contributed by atoms with Crippen molar-refractivity contribution in [3.05, 3.63) is 86.6 Å². The number of benzene rings is 2. The van der Waals surface area contributed by atoms with Crippen LogP contribution in [-0.4, -0.2) is 47.5 Å². The fraction of sp³-hybridized carbons (Fsp3) is 0.269. The van der Waals surface area contributed by atoms with Gasteiger partial charge < -0.3 is 20.1 Å². The minimum atomic E-state index is -0.825. The third-order valence-electron chi connectivity index (χ3n) is 5.25. The number of aromatic nitrogens is 2. The molecule has 3 aromatic rings. The molecular formula is C26H28N4O7. The first-order chi connectivity index (χ1) is 17.7. The van der Waals surface area contributed by atoms with E-state index in [9.17, 15) is 24.0 Å². The van der Waals surface area contributed by atoms with Crippen molar-refractivity contribution < 1.29 is 23.9 Å². The van der Waals surface area contributed by atoms with E-state index in [4.69, 9.17) is 15.2 Å². The summed E-state index contributed by atoms with van der Waals surface area (Å²) in [6.07, 6.45) is 0.679. The van der Waals surface area contributed by atoms with Gasteiger partial charge in [0.25, 0.3) is 11.5 Å². The van der Waals surface area contributed by atoms with Crippen LogP contribution in [0.2, 0.25) is 0 Å². The second-order valence-electron chi connectivity index (χ2n) is 8.60. The standard InChI is InChI=1S/C26H28N4O7/c1-17(2)12-29(21(32)15-37-22(33)16-36-20-10-8-19(14-31)9-11-20)23-24(27)30(26(35)28-25(23)34)13-18-6-4-3-5-7-18/h3-11,14,17H,12-13,15-16,27H2,1-2H3,(H,28,34,35). The zero-order valence-corrected chi connectivity index (χ0v) is 20.5. The Hall–Kier alpha value is -4.67. The van der Waals surface area contributed by atoms with E-state index >= 15 is 0 Å². The maximum absolute atomic E-state index is 13.1. The lowest BCUT2D eigenvalue weighted by Crippen LogP contribution is -2.44. The summed E-state index contributed by atoms with van der Waals surface area (Å²) in [5.41, 5.74) is 5.73. The summed E-state index contributed by atoms with van der Waals surface area (Å²) in [6, 6.07) is 15.1. The first-order valence-electron chi connectivity index (χ1n) is 11.5. The van der Waals surface area contributed by atoms with Gasteiger partial charge in [0.15, 0.2) is 18.9 Å². The van der Waals surface area contributed by atoms with Gasteiger partial charge in [-0.2, -0.15) is 0 Å². The third-order valence-corrected chi connectivity index (χ3v) is 5.25. The summed E-state index contributed by atoms with van der Waals surface area (Å²) in [5, 5.41) is 0. The van der Waals surface area contributed by atoms with Gasteiger partial charge in [-0.3, -0.25) is 23.9 Å². The number of nitrogens with two attached hydrogens (primary N) is 1. The number of H-pyrrole nitrogens is 1. The number of hydrogen-bond acceptors (Lipinski definition) is 8. The molecule has 0 spiro atoms. The smallest absolute Gasteiger partial charge is 0.344 e. The van der Waals surface area contributed by atoms with Crippen molar-refractivity contribution in [2.45, 2.75) is 20.4 Å². The molecule has 0 unspecified atom stereocenters. The number of esters is 1. The molecule has 1 amide bonds. The van der Waals surface area contributed by atoms with Gasteiger partial charge in [-0.25, -0.2) is 9.59 Å². The molecule has 3 N–H and O–H groups in total. The highest BCUT2D eigenvalue weighted by Gasteiger charge is 2.26. The van der Waals surface area contributed by atoms with Gasteiger partial charge in [-0.15, -0.1) is 0 Å². The molecule has 11 nitrogen and oxygen atoms in total. The van der Waals surface area contributed by atoms with E-state index in [1.54, 1.807) is 24.3 Å². The number of carbonyl (C=O) groups excluding carboxylic acids is 3. The van der Waals surface area contributed by atoms with Crippen molar-refractivity contribution >= 4 is 29.7 Å². The maximum atomic E-state index is 13.1. The maximum Gasteiger partial charge on any atom is 0.344 e. The van der Waals surface area contributed by atoms with Crippen molar-refractivity contribution in [1.29, 1.82) is 0 Å². The van der Waals surface area contributed by atoms with Gasteiger partial charge in [0, 0.05) is 12.1 Å². The van der Waals surface area contributed by atoms with Gasteiger partial charge >= 0.3 is 11.7 Å². The molecule has 1 heterocycles. The number of amides is 1. The summed E-state index contributed by atoms with van der Waals surface area (Å²) in [4.78, 5) is 64.5. The SMILES string of the molecule is CC(C)CN(C(=O)COC(=O)COc1ccc(C=O)cc1)c1c(N)n(Cc2ccccc2)c(=O)[nH]c1=O. The van der Waals surface area contributed by atoms with Crippen LogP contribution >= 0.6 is 0 Å². The zero-order valence-electron chi connectivity index (χ0n) is 20.5. The third kappa shape index (κ3) is 7.17. The highest BCUT2D eigenvalue weighted by molar-refractivity contribution is 5.97. The molecule has 3 rings (SSSR count). The Morgan fingerprint density at radius 3 is 2.35 bits per heavy atom. The van der Waals surface area contributed by atoms with Crippen molar-refractivity contribution in [3.63, 3.8) is 0 Å². The van der Waals surface area contributed by atoms with Crippen LogP contribution in [0.4, 0.5) is 11.5 Å². The predicted molar refractivity (Wildman–Crippen MR) is 137 cm³/mol. The Morgan fingerprint density at radius 1 is 1.05 bits per heavy atom. The van der Waals surface area contributed by atoms with Gasteiger partial charge in [-0.05, 0) is 35.7 Å². The number of ether oxygens (including phenoxy) is 2. The molecule has 194 valence electrons. The number of aromatic amines is 1. The van der Waals surface area contributed by atoms with Crippen LogP contribution in [0.5, 0.6) is 5.75 Å². The van der Waals surface area contributed by atoms with E-state index in [2.05, 4.69) is 4.98 Å². The predicted octanol–water partition coefficient (Wildman–Crippen LogP) is 1.59. The Balaban J connectivity index is 1.75. The lowest BCUT2D eigenvalue weighted by molar-refractivity contribution is -0.149. The van der Waals surface area contributed by atoms with E-state index in [1.165, 1.54) is 28.8 Å². The molecule has 37 heavy (non-hydrogen) atoms. The van der Waals surface area contributed by atoms with Crippen molar-refractivity contribution in [2.75, 3.05) is 30.4 Å². The number of carbonyl (C=O) groups is 3. The van der Waals surface area contributed by atoms with Gasteiger partial charge in [0.05, 0.1) is 6.54 Å². The minimum absolute atomic E-state index is 0.0781. The molecule has 0 aliphatic heterocycles.